The van der Waals surface area contributed by atoms with Gasteiger partial charge in [-0.2, -0.15) is 0 Å². The Morgan fingerprint density at radius 2 is 1.69 bits per heavy atom. The van der Waals surface area contributed by atoms with Gasteiger partial charge in [0.1, 0.15) is 0 Å². The SMILES string of the molecule is CCC[C@@H]1CC(NC(C)=O)C[C@H](CCC)O1. The summed E-state index contributed by atoms with van der Waals surface area (Å²) in [5.41, 5.74) is 0. The van der Waals surface area contributed by atoms with Gasteiger partial charge in [-0.1, -0.05) is 26.7 Å². The van der Waals surface area contributed by atoms with Gasteiger partial charge < -0.3 is 10.1 Å². The Balaban J connectivity index is 2.48. The summed E-state index contributed by atoms with van der Waals surface area (Å²) in [4.78, 5) is 11.1. The molecule has 0 aromatic rings. The van der Waals surface area contributed by atoms with E-state index in [2.05, 4.69) is 19.2 Å². The first-order chi connectivity index (χ1) is 7.65. The molecule has 0 spiro atoms. The molecule has 94 valence electrons. The van der Waals surface area contributed by atoms with Gasteiger partial charge in [0.2, 0.25) is 5.91 Å². The van der Waals surface area contributed by atoms with Crippen LogP contribution in [0.1, 0.15) is 59.3 Å². The fraction of sp³-hybridized carbons (Fsp3) is 0.923. The topological polar surface area (TPSA) is 38.3 Å². The molecular formula is C13H25NO2. The molecule has 0 aromatic carbocycles. The van der Waals surface area contributed by atoms with E-state index in [1.807, 2.05) is 0 Å². The van der Waals surface area contributed by atoms with Crippen molar-refractivity contribution in [3.63, 3.8) is 0 Å². The zero-order valence-electron chi connectivity index (χ0n) is 10.8. The molecule has 1 fully saturated rings. The van der Waals surface area contributed by atoms with Crippen molar-refractivity contribution in [3.8, 4) is 0 Å². The van der Waals surface area contributed by atoms with Crippen LogP contribution in [0.25, 0.3) is 0 Å². The van der Waals surface area contributed by atoms with Crippen LogP contribution in [-0.2, 0) is 9.53 Å². The summed E-state index contributed by atoms with van der Waals surface area (Å²) in [5.74, 6) is 0.0809. The quantitative estimate of drug-likeness (QED) is 0.784. The number of carbonyl (C=O) groups excluding carboxylic acids is 1. The van der Waals surface area contributed by atoms with Crippen LogP contribution in [-0.4, -0.2) is 24.2 Å². The summed E-state index contributed by atoms with van der Waals surface area (Å²) in [5, 5.41) is 3.04. The average Bonchev–Trinajstić information content (AvgIpc) is 2.17. The molecule has 1 amide bonds. The van der Waals surface area contributed by atoms with Crippen LogP contribution in [0.2, 0.25) is 0 Å². The van der Waals surface area contributed by atoms with Crippen molar-refractivity contribution in [3.05, 3.63) is 0 Å². The van der Waals surface area contributed by atoms with E-state index in [9.17, 15) is 4.79 Å². The van der Waals surface area contributed by atoms with Gasteiger partial charge in [-0.3, -0.25) is 4.79 Å². The van der Waals surface area contributed by atoms with Gasteiger partial charge in [0.05, 0.1) is 12.2 Å². The van der Waals surface area contributed by atoms with Gasteiger partial charge in [0.15, 0.2) is 0 Å². The summed E-state index contributed by atoms with van der Waals surface area (Å²) >= 11 is 0. The molecule has 0 aromatic heterocycles. The highest BCUT2D eigenvalue weighted by Gasteiger charge is 2.28. The van der Waals surface area contributed by atoms with Crippen LogP contribution < -0.4 is 5.32 Å². The van der Waals surface area contributed by atoms with Gasteiger partial charge in [-0.25, -0.2) is 0 Å². The molecule has 1 heterocycles. The van der Waals surface area contributed by atoms with Crippen molar-refractivity contribution in [2.75, 3.05) is 0 Å². The van der Waals surface area contributed by atoms with E-state index in [1.54, 1.807) is 6.92 Å². The van der Waals surface area contributed by atoms with E-state index in [0.717, 1.165) is 38.5 Å². The maximum Gasteiger partial charge on any atom is 0.217 e. The molecule has 1 aliphatic rings. The highest BCUT2D eigenvalue weighted by Crippen LogP contribution is 2.25. The molecule has 3 atom stereocenters. The van der Waals surface area contributed by atoms with E-state index < -0.39 is 0 Å². The van der Waals surface area contributed by atoms with Gasteiger partial charge in [0.25, 0.3) is 0 Å². The minimum absolute atomic E-state index is 0.0809. The molecule has 1 N–H and O–H groups in total. The fourth-order valence-corrected chi connectivity index (χ4v) is 2.54. The van der Waals surface area contributed by atoms with Crippen LogP contribution in [0.15, 0.2) is 0 Å². The van der Waals surface area contributed by atoms with Crippen LogP contribution in [0.5, 0.6) is 0 Å². The van der Waals surface area contributed by atoms with E-state index in [1.165, 1.54) is 0 Å². The smallest absolute Gasteiger partial charge is 0.217 e. The fourth-order valence-electron chi connectivity index (χ4n) is 2.54. The molecule has 1 unspecified atom stereocenters. The third-order valence-electron chi connectivity index (χ3n) is 3.11. The Labute approximate surface area is 98.9 Å². The Hall–Kier alpha value is -0.570. The maximum atomic E-state index is 11.1. The summed E-state index contributed by atoms with van der Waals surface area (Å²) in [7, 11) is 0. The Morgan fingerprint density at radius 3 is 2.06 bits per heavy atom. The highest BCUT2D eigenvalue weighted by atomic mass is 16.5. The molecule has 3 heteroatoms. The highest BCUT2D eigenvalue weighted by molar-refractivity contribution is 5.73. The second-order valence-corrected chi connectivity index (χ2v) is 4.83. The lowest BCUT2D eigenvalue weighted by Crippen LogP contribution is -2.44. The molecule has 0 bridgehead atoms. The largest absolute Gasteiger partial charge is 0.375 e. The van der Waals surface area contributed by atoms with Crippen LogP contribution in [0, 0.1) is 0 Å². The monoisotopic (exact) mass is 227 g/mol. The zero-order chi connectivity index (χ0) is 12.0. The zero-order valence-corrected chi connectivity index (χ0v) is 10.8. The van der Waals surface area contributed by atoms with Crippen molar-refractivity contribution in [2.45, 2.75) is 77.5 Å². The number of ether oxygens (including phenoxy) is 1. The lowest BCUT2D eigenvalue weighted by Gasteiger charge is -2.35. The molecule has 1 saturated heterocycles. The Bertz CT molecular complexity index is 204. The van der Waals surface area contributed by atoms with Gasteiger partial charge >= 0.3 is 0 Å². The lowest BCUT2D eigenvalue weighted by molar-refractivity contribution is -0.122. The second kappa shape index (κ2) is 6.89. The third kappa shape index (κ3) is 4.52. The first kappa shape index (κ1) is 13.5. The predicted molar refractivity (Wildman–Crippen MR) is 65.3 cm³/mol. The molecule has 0 radical (unpaired) electrons. The number of nitrogens with one attached hydrogen (secondary N) is 1. The third-order valence-corrected chi connectivity index (χ3v) is 3.11. The molecule has 0 saturated carbocycles. The molecule has 0 aliphatic carbocycles. The second-order valence-electron chi connectivity index (χ2n) is 4.83. The summed E-state index contributed by atoms with van der Waals surface area (Å²) < 4.78 is 6.03. The van der Waals surface area contributed by atoms with Gasteiger partial charge in [-0.05, 0) is 25.7 Å². The first-order valence-corrected chi connectivity index (χ1v) is 6.58. The maximum absolute atomic E-state index is 11.1. The van der Waals surface area contributed by atoms with E-state index in [0.29, 0.717) is 18.2 Å². The summed E-state index contributed by atoms with van der Waals surface area (Å²) in [6.07, 6.45) is 7.15. The van der Waals surface area contributed by atoms with Crippen molar-refractivity contribution < 1.29 is 9.53 Å². The number of amides is 1. The van der Waals surface area contributed by atoms with Gasteiger partial charge in [-0.15, -0.1) is 0 Å². The number of rotatable bonds is 5. The average molecular weight is 227 g/mol. The first-order valence-electron chi connectivity index (χ1n) is 6.58. The normalized spacial score (nSPS) is 30.1. The molecule has 1 rings (SSSR count). The van der Waals surface area contributed by atoms with Crippen molar-refractivity contribution in [2.24, 2.45) is 0 Å². The Morgan fingerprint density at radius 1 is 1.19 bits per heavy atom. The van der Waals surface area contributed by atoms with E-state index >= 15 is 0 Å². The van der Waals surface area contributed by atoms with Crippen LogP contribution in [0.4, 0.5) is 0 Å². The number of hydrogen-bond acceptors (Lipinski definition) is 2. The van der Waals surface area contributed by atoms with Crippen LogP contribution in [0.3, 0.4) is 0 Å². The summed E-state index contributed by atoms with van der Waals surface area (Å²) in [6.45, 7) is 5.96. The van der Waals surface area contributed by atoms with Crippen LogP contribution >= 0.6 is 0 Å². The predicted octanol–water partition coefficient (Wildman–Crippen LogP) is 2.64. The molecule has 1 aliphatic heterocycles. The lowest BCUT2D eigenvalue weighted by atomic mass is 9.94. The summed E-state index contributed by atoms with van der Waals surface area (Å²) in [6, 6.07) is 0.319. The minimum Gasteiger partial charge on any atom is -0.375 e. The Kier molecular flexibility index (Phi) is 5.81. The van der Waals surface area contributed by atoms with E-state index in [-0.39, 0.29) is 5.91 Å². The van der Waals surface area contributed by atoms with Crippen molar-refractivity contribution in [1.29, 1.82) is 0 Å². The minimum atomic E-state index is 0.0809. The number of carbonyl (C=O) groups is 1. The van der Waals surface area contributed by atoms with Crippen molar-refractivity contribution in [1.82, 2.24) is 5.32 Å². The molecule has 3 nitrogen and oxygen atoms in total. The standard InChI is InChI=1S/C13H25NO2/c1-4-6-12-8-11(14-10(3)15)9-13(16-12)7-5-2/h11-13H,4-9H2,1-3H3,(H,14,15)/t11?,12-,13+. The number of hydrogen-bond donors (Lipinski definition) is 1. The van der Waals surface area contributed by atoms with E-state index in [4.69, 9.17) is 4.74 Å². The van der Waals surface area contributed by atoms with Gasteiger partial charge in [0, 0.05) is 13.0 Å². The van der Waals surface area contributed by atoms with Crippen molar-refractivity contribution >= 4 is 5.91 Å². The molecular weight excluding hydrogens is 202 g/mol. The molecule has 16 heavy (non-hydrogen) atoms.